The lowest BCUT2D eigenvalue weighted by molar-refractivity contribution is -0.137. The highest BCUT2D eigenvalue weighted by molar-refractivity contribution is 14.0. The van der Waals surface area contributed by atoms with Crippen molar-refractivity contribution in [2.75, 3.05) is 13.6 Å². The molecule has 0 radical (unpaired) electrons. The Morgan fingerprint density at radius 3 is 2.44 bits per heavy atom. The van der Waals surface area contributed by atoms with Gasteiger partial charge in [-0.1, -0.05) is 12.1 Å². The van der Waals surface area contributed by atoms with Gasteiger partial charge in [0.15, 0.2) is 5.96 Å². The average Bonchev–Trinajstić information content (AvgIpc) is 3.04. The number of halogens is 4. The maximum atomic E-state index is 12.6. The Morgan fingerprint density at radius 1 is 1.24 bits per heavy atom. The Balaban J connectivity index is 0.00000312. The number of H-pyrrole nitrogens is 1. The van der Waals surface area contributed by atoms with Crippen LogP contribution in [-0.4, -0.2) is 34.6 Å². The van der Waals surface area contributed by atoms with Gasteiger partial charge in [-0.2, -0.15) is 18.3 Å². The lowest BCUT2D eigenvalue weighted by atomic mass is 10.1. The number of alkyl halides is 3. The van der Waals surface area contributed by atoms with E-state index in [1.807, 2.05) is 24.9 Å². The molecule has 0 atom stereocenters. The minimum atomic E-state index is -4.31. The zero-order chi connectivity index (χ0) is 17.6. The van der Waals surface area contributed by atoms with E-state index in [0.717, 1.165) is 23.4 Å². The zero-order valence-electron chi connectivity index (χ0n) is 14.0. The van der Waals surface area contributed by atoms with Crippen LogP contribution >= 0.6 is 24.0 Å². The molecule has 0 aliphatic rings. The Bertz CT molecular complexity index is 653. The van der Waals surface area contributed by atoms with E-state index in [0.29, 0.717) is 25.6 Å². The minimum absolute atomic E-state index is 0. The zero-order valence-corrected chi connectivity index (χ0v) is 16.3. The Kier molecular flexibility index (Phi) is 8.20. The number of benzene rings is 1. The van der Waals surface area contributed by atoms with Gasteiger partial charge in [-0.05, 0) is 30.7 Å². The van der Waals surface area contributed by atoms with Crippen molar-refractivity contribution in [2.45, 2.75) is 26.2 Å². The Labute approximate surface area is 161 Å². The van der Waals surface area contributed by atoms with E-state index in [1.165, 1.54) is 12.1 Å². The quantitative estimate of drug-likeness (QED) is 0.401. The first-order chi connectivity index (χ1) is 11.4. The van der Waals surface area contributed by atoms with Crippen molar-refractivity contribution in [1.29, 1.82) is 0 Å². The van der Waals surface area contributed by atoms with Crippen LogP contribution < -0.4 is 5.32 Å². The first-order valence-electron chi connectivity index (χ1n) is 7.54. The molecule has 0 amide bonds. The second kappa shape index (κ2) is 9.64. The van der Waals surface area contributed by atoms with Crippen LogP contribution in [0.15, 0.2) is 41.5 Å². The molecule has 1 heterocycles. The Hall–Kier alpha value is -1.78. The van der Waals surface area contributed by atoms with Crippen LogP contribution in [0.4, 0.5) is 13.2 Å². The molecule has 2 N–H and O–H groups in total. The van der Waals surface area contributed by atoms with E-state index in [2.05, 4.69) is 20.5 Å². The van der Waals surface area contributed by atoms with E-state index in [-0.39, 0.29) is 24.0 Å². The van der Waals surface area contributed by atoms with Crippen molar-refractivity contribution in [3.63, 3.8) is 0 Å². The molecule has 0 aliphatic carbocycles. The van der Waals surface area contributed by atoms with Gasteiger partial charge in [0, 0.05) is 26.3 Å². The lowest BCUT2D eigenvalue weighted by Crippen LogP contribution is -2.38. The molecule has 1 aromatic heterocycles. The number of rotatable bonds is 5. The van der Waals surface area contributed by atoms with Gasteiger partial charge in [0.2, 0.25) is 0 Å². The smallest absolute Gasteiger partial charge is 0.357 e. The maximum Gasteiger partial charge on any atom is 0.416 e. The minimum Gasteiger partial charge on any atom is -0.357 e. The largest absolute Gasteiger partial charge is 0.416 e. The van der Waals surface area contributed by atoms with E-state index < -0.39 is 11.7 Å². The van der Waals surface area contributed by atoms with Gasteiger partial charge < -0.3 is 10.2 Å². The van der Waals surface area contributed by atoms with Crippen LogP contribution in [0.25, 0.3) is 0 Å². The summed E-state index contributed by atoms with van der Waals surface area (Å²) in [6.07, 6.45) is -2.66. The van der Waals surface area contributed by atoms with Crippen LogP contribution in [0.2, 0.25) is 0 Å². The fraction of sp³-hybridized carbons (Fsp3) is 0.375. The number of nitrogens with zero attached hydrogens (tertiary/aromatic N) is 3. The number of hydrogen-bond acceptors (Lipinski definition) is 2. The maximum absolute atomic E-state index is 12.6. The number of hydrogen-bond donors (Lipinski definition) is 2. The van der Waals surface area contributed by atoms with E-state index in [1.54, 1.807) is 6.20 Å². The molecule has 0 fully saturated rings. The molecule has 2 rings (SSSR count). The predicted octanol–water partition coefficient (Wildman–Crippen LogP) is 3.64. The van der Waals surface area contributed by atoms with Crippen LogP contribution in [0.3, 0.4) is 0 Å². The van der Waals surface area contributed by atoms with Gasteiger partial charge in [0.25, 0.3) is 0 Å². The molecule has 0 bridgehead atoms. The molecular formula is C16H21F3IN5. The fourth-order valence-corrected chi connectivity index (χ4v) is 2.15. The van der Waals surface area contributed by atoms with Gasteiger partial charge in [-0.25, -0.2) is 4.99 Å². The van der Waals surface area contributed by atoms with E-state index >= 15 is 0 Å². The number of aliphatic imine (C=N–C) groups is 1. The van der Waals surface area contributed by atoms with Crippen molar-refractivity contribution in [3.05, 3.63) is 53.3 Å². The summed E-state index contributed by atoms with van der Waals surface area (Å²) in [6, 6.07) is 6.99. The van der Waals surface area contributed by atoms with Crippen LogP contribution in [0.1, 0.15) is 23.7 Å². The first kappa shape index (κ1) is 21.3. The Morgan fingerprint density at radius 2 is 1.92 bits per heavy atom. The van der Waals surface area contributed by atoms with Crippen molar-refractivity contribution in [2.24, 2.45) is 4.99 Å². The lowest BCUT2D eigenvalue weighted by Gasteiger charge is -2.22. The molecule has 5 nitrogen and oxygen atoms in total. The molecule has 0 saturated heterocycles. The van der Waals surface area contributed by atoms with Gasteiger partial charge >= 0.3 is 6.18 Å². The number of aromatic nitrogens is 2. The molecule has 1 aromatic carbocycles. The fourth-order valence-electron chi connectivity index (χ4n) is 2.15. The van der Waals surface area contributed by atoms with Crippen molar-refractivity contribution in [1.82, 2.24) is 20.4 Å². The van der Waals surface area contributed by atoms with Gasteiger partial charge in [0.05, 0.1) is 17.8 Å². The summed E-state index contributed by atoms with van der Waals surface area (Å²) in [5.74, 6) is 0.673. The summed E-state index contributed by atoms with van der Waals surface area (Å²) in [5.41, 5.74) is 1.01. The number of nitrogens with one attached hydrogen (secondary N) is 2. The van der Waals surface area contributed by atoms with E-state index in [4.69, 9.17) is 0 Å². The average molecular weight is 467 g/mol. The van der Waals surface area contributed by atoms with Crippen LogP contribution in [-0.2, 0) is 19.3 Å². The summed E-state index contributed by atoms with van der Waals surface area (Å²) in [4.78, 5) is 6.35. The molecule has 0 unspecified atom stereocenters. The molecule has 9 heteroatoms. The SMILES string of the molecule is CCNC(=NCc1ccn[nH]1)N(C)Cc1ccc(C(F)(F)F)cc1.I. The van der Waals surface area contributed by atoms with Crippen molar-refractivity contribution in [3.8, 4) is 0 Å². The predicted molar refractivity (Wildman–Crippen MR) is 102 cm³/mol. The molecule has 0 saturated carbocycles. The van der Waals surface area contributed by atoms with Crippen molar-refractivity contribution < 1.29 is 13.2 Å². The summed E-state index contributed by atoms with van der Waals surface area (Å²) >= 11 is 0. The second-order valence-electron chi connectivity index (χ2n) is 5.30. The third-order valence-corrected chi connectivity index (χ3v) is 3.36. The van der Waals surface area contributed by atoms with E-state index in [9.17, 15) is 13.2 Å². The summed E-state index contributed by atoms with van der Waals surface area (Å²) in [6.45, 7) is 3.55. The van der Waals surface area contributed by atoms with Crippen molar-refractivity contribution >= 4 is 29.9 Å². The summed E-state index contributed by atoms with van der Waals surface area (Å²) in [5, 5.41) is 9.86. The summed E-state index contributed by atoms with van der Waals surface area (Å²) < 4.78 is 37.8. The highest BCUT2D eigenvalue weighted by Gasteiger charge is 2.29. The molecule has 2 aromatic rings. The molecule has 0 aliphatic heterocycles. The standard InChI is InChI=1S/C16H20F3N5.HI/c1-3-20-15(21-10-14-8-9-22-23-14)24(2)11-12-4-6-13(7-5-12)16(17,18)19;/h4-9H,3,10-11H2,1-2H3,(H,20,21)(H,22,23);1H. The van der Waals surface area contributed by atoms with Gasteiger partial charge in [-0.3, -0.25) is 5.10 Å². The normalized spacial score (nSPS) is 11.8. The van der Waals surface area contributed by atoms with Gasteiger partial charge in [0.1, 0.15) is 0 Å². The summed E-state index contributed by atoms with van der Waals surface area (Å²) in [7, 11) is 1.84. The first-order valence-corrected chi connectivity index (χ1v) is 7.54. The molecule has 25 heavy (non-hydrogen) atoms. The molecule has 138 valence electrons. The highest BCUT2D eigenvalue weighted by atomic mass is 127. The van der Waals surface area contributed by atoms with Crippen LogP contribution in [0.5, 0.6) is 0 Å². The molecular weight excluding hydrogens is 446 g/mol. The number of aromatic amines is 1. The third kappa shape index (κ3) is 6.56. The van der Waals surface area contributed by atoms with Crippen LogP contribution in [0, 0.1) is 0 Å². The molecule has 0 spiro atoms. The number of guanidine groups is 1. The van der Waals surface area contributed by atoms with Gasteiger partial charge in [-0.15, -0.1) is 24.0 Å². The third-order valence-electron chi connectivity index (χ3n) is 3.36. The second-order valence-corrected chi connectivity index (χ2v) is 5.30. The monoisotopic (exact) mass is 467 g/mol. The topological polar surface area (TPSA) is 56.3 Å². The highest BCUT2D eigenvalue weighted by Crippen LogP contribution is 2.29.